The van der Waals surface area contributed by atoms with E-state index in [-0.39, 0.29) is 5.91 Å². The smallest absolute Gasteiger partial charge is 0.234 e. The van der Waals surface area contributed by atoms with E-state index < -0.39 is 0 Å². The summed E-state index contributed by atoms with van der Waals surface area (Å²) in [6.45, 7) is 7.65. The molecule has 1 aliphatic heterocycles. The lowest BCUT2D eigenvalue weighted by Gasteiger charge is -2.13. The maximum absolute atomic E-state index is 11.7. The number of carbonyl (C=O) groups is 1. The van der Waals surface area contributed by atoms with E-state index >= 15 is 0 Å². The van der Waals surface area contributed by atoms with Gasteiger partial charge in [0.2, 0.25) is 5.91 Å². The zero-order chi connectivity index (χ0) is 14.2. The maximum Gasteiger partial charge on any atom is 0.234 e. The fraction of sp³-hybridized carbons (Fsp3) is 0.562. The van der Waals surface area contributed by atoms with E-state index in [1.165, 1.54) is 13.0 Å². The molecule has 0 spiro atoms. The molecule has 1 aromatic carbocycles. The fourth-order valence-electron chi connectivity index (χ4n) is 2.62. The van der Waals surface area contributed by atoms with Crippen molar-refractivity contribution in [3.05, 3.63) is 35.9 Å². The number of amides is 1. The lowest BCUT2D eigenvalue weighted by atomic mass is 10.1. The Balaban J connectivity index is 1.57. The Morgan fingerprint density at radius 2 is 2.15 bits per heavy atom. The number of benzene rings is 1. The van der Waals surface area contributed by atoms with Gasteiger partial charge in [0.15, 0.2) is 0 Å². The van der Waals surface area contributed by atoms with Crippen LogP contribution in [-0.2, 0) is 11.3 Å². The number of hydrogen-bond acceptors (Lipinski definition) is 3. The molecule has 1 amide bonds. The van der Waals surface area contributed by atoms with E-state index in [9.17, 15) is 4.79 Å². The van der Waals surface area contributed by atoms with Gasteiger partial charge in [0.25, 0.3) is 0 Å². The second kappa shape index (κ2) is 8.02. The molecule has 110 valence electrons. The summed E-state index contributed by atoms with van der Waals surface area (Å²) in [7, 11) is 0. The van der Waals surface area contributed by atoms with Gasteiger partial charge in [-0.15, -0.1) is 0 Å². The highest BCUT2D eigenvalue weighted by atomic mass is 16.1. The minimum Gasteiger partial charge on any atom is -0.351 e. The van der Waals surface area contributed by atoms with E-state index in [1.54, 1.807) is 0 Å². The van der Waals surface area contributed by atoms with Gasteiger partial charge in [-0.1, -0.05) is 37.3 Å². The van der Waals surface area contributed by atoms with Gasteiger partial charge in [-0.2, -0.15) is 0 Å². The first-order valence-corrected chi connectivity index (χ1v) is 7.51. The van der Waals surface area contributed by atoms with Gasteiger partial charge in [-0.25, -0.2) is 0 Å². The van der Waals surface area contributed by atoms with Crippen LogP contribution in [0.2, 0.25) is 0 Å². The normalized spacial score (nSPS) is 19.1. The fourth-order valence-corrected chi connectivity index (χ4v) is 2.62. The van der Waals surface area contributed by atoms with Crippen LogP contribution in [-0.4, -0.2) is 43.5 Å². The Kier molecular flexibility index (Phi) is 6.02. The predicted molar refractivity (Wildman–Crippen MR) is 81.4 cm³/mol. The molecule has 20 heavy (non-hydrogen) atoms. The van der Waals surface area contributed by atoms with Gasteiger partial charge in [-0.3, -0.25) is 4.79 Å². The third-order valence-electron chi connectivity index (χ3n) is 3.87. The van der Waals surface area contributed by atoms with Crippen molar-refractivity contribution in [3.63, 3.8) is 0 Å². The van der Waals surface area contributed by atoms with Crippen LogP contribution in [0.1, 0.15) is 18.9 Å². The van der Waals surface area contributed by atoms with Crippen molar-refractivity contribution >= 4 is 5.91 Å². The number of nitrogens with zero attached hydrogens (tertiary/aromatic N) is 1. The Labute approximate surface area is 121 Å². The summed E-state index contributed by atoms with van der Waals surface area (Å²) in [6, 6.07) is 9.99. The van der Waals surface area contributed by atoms with Crippen molar-refractivity contribution in [1.29, 1.82) is 0 Å². The summed E-state index contributed by atoms with van der Waals surface area (Å²) < 4.78 is 0. The Bertz CT molecular complexity index is 407. The molecule has 2 N–H and O–H groups in total. The average Bonchev–Trinajstić information content (AvgIpc) is 2.94. The van der Waals surface area contributed by atoms with Gasteiger partial charge in [0, 0.05) is 13.1 Å². The molecule has 0 bridgehead atoms. The van der Waals surface area contributed by atoms with Crippen molar-refractivity contribution in [2.24, 2.45) is 5.92 Å². The minimum atomic E-state index is 0.0687. The quantitative estimate of drug-likeness (QED) is 0.787. The minimum absolute atomic E-state index is 0.0687. The second-order valence-electron chi connectivity index (χ2n) is 5.44. The number of hydrogen-bond donors (Lipinski definition) is 2. The van der Waals surface area contributed by atoms with Crippen LogP contribution in [0.3, 0.4) is 0 Å². The molecule has 2 rings (SSSR count). The summed E-state index contributed by atoms with van der Waals surface area (Å²) in [5, 5.41) is 6.20. The summed E-state index contributed by atoms with van der Waals surface area (Å²) in [6.07, 6.45) is 1.24. The first kappa shape index (κ1) is 15.0. The van der Waals surface area contributed by atoms with Crippen LogP contribution < -0.4 is 10.6 Å². The molecule has 1 fully saturated rings. The summed E-state index contributed by atoms with van der Waals surface area (Å²) in [4.78, 5) is 14.2. The average molecular weight is 275 g/mol. The standard InChI is InChI=1S/C16H25N3O/c1-2-19-9-8-15(13-19)10-17-12-16(20)18-11-14-6-4-3-5-7-14/h3-7,15,17H,2,8-13H2,1H3,(H,18,20). The third kappa shape index (κ3) is 4.94. The van der Waals surface area contributed by atoms with Crippen LogP contribution in [0.25, 0.3) is 0 Å². The van der Waals surface area contributed by atoms with Gasteiger partial charge in [-0.05, 0) is 37.5 Å². The number of nitrogens with one attached hydrogen (secondary N) is 2. The van der Waals surface area contributed by atoms with Crippen molar-refractivity contribution in [2.75, 3.05) is 32.7 Å². The van der Waals surface area contributed by atoms with Crippen LogP contribution in [0.4, 0.5) is 0 Å². The monoisotopic (exact) mass is 275 g/mol. The first-order chi connectivity index (χ1) is 9.78. The highest BCUT2D eigenvalue weighted by Gasteiger charge is 2.20. The lowest BCUT2D eigenvalue weighted by Crippen LogP contribution is -2.36. The molecule has 4 heteroatoms. The van der Waals surface area contributed by atoms with Crippen molar-refractivity contribution < 1.29 is 4.79 Å². The van der Waals surface area contributed by atoms with E-state index in [0.29, 0.717) is 19.0 Å². The molecule has 4 nitrogen and oxygen atoms in total. The van der Waals surface area contributed by atoms with Crippen LogP contribution in [0.5, 0.6) is 0 Å². The highest BCUT2D eigenvalue weighted by Crippen LogP contribution is 2.14. The Morgan fingerprint density at radius 3 is 2.85 bits per heavy atom. The summed E-state index contributed by atoms with van der Waals surface area (Å²) in [5.41, 5.74) is 1.13. The summed E-state index contributed by atoms with van der Waals surface area (Å²) >= 11 is 0. The van der Waals surface area contributed by atoms with Crippen LogP contribution in [0, 0.1) is 5.92 Å². The van der Waals surface area contributed by atoms with Crippen molar-refractivity contribution in [2.45, 2.75) is 19.9 Å². The van der Waals surface area contributed by atoms with E-state index in [1.807, 2.05) is 30.3 Å². The molecule has 0 aliphatic carbocycles. The largest absolute Gasteiger partial charge is 0.351 e. The van der Waals surface area contributed by atoms with Gasteiger partial charge < -0.3 is 15.5 Å². The third-order valence-corrected chi connectivity index (χ3v) is 3.87. The molecule has 1 aliphatic rings. The molecule has 1 heterocycles. The molecular formula is C16H25N3O. The van der Waals surface area contributed by atoms with Crippen molar-refractivity contribution in [1.82, 2.24) is 15.5 Å². The molecule has 0 saturated carbocycles. The SMILES string of the molecule is CCN1CCC(CNCC(=O)NCc2ccccc2)C1. The first-order valence-electron chi connectivity index (χ1n) is 7.51. The van der Waals surface area contributed by atoms with Gasteiger partial charge >= 0.3 is 0 Å². The highest BCUT2D eigenvalue weighted by molar-refractivity contribution is 5.77. The summed E-state index contributed by atoms with van der Waals surface area (Å²) in [5.74, 6) is 0.760. The molecular weight excluding hydrogens is 250 g/mol. The zero-order valence-electron chi connectivity index (χ0n) is 12.3. The van der Waals surface area contributed by atoms with Crippen LogP contribution >= 0.6 is 0 Å². The maximum atomic E-state index is 11.7. The zero-order valence-corrected chi connectivity index (χ0v) is 12.3. The van der Waals surface area contributed by atoms with E-state index in [2.05, 4.69) is 22.5 Å². The molecule has 0 radical (unpaired) electrons. The lowest BCUT2D eigenvalue weighted by molar-refractivity contribution is -0.120. The number of rotatable bonds is 7. The molecule has 1 aromatic rings. The molecule has 1 atom stereocenters. The second-order valence-corrected chi connectivity index (χ2v) is 5.44. The van der Waals surface area contributed by atoms with E-state index in [0.717, 1.165) is 25.2 Å². The van der Waals surface area contributed by atoms with Crippen LogP contribution in [0.15, 0.2) is 30.3 Å². The molecule has 1 unspecified atom stereocenters. The number of carbonyl (C=O) groups excluding carboxylic acids is 1. The van der Waals surface area contributed by atoms with Crippen molar-refractivity contribution in [3.8, 4) is 0 Å². The van der Waals surface area contributed by atoms with Gasteiger partial charge in [0.05, 0.1) is 6.54 Å². The Morgan fingerprint density at radius 1 is 1.35 bits per heavy atom. The van der Waals surface area contributed by atoms with Gasteiger partial charge in [0.1, 0.15) is 0 Å². The topological polar surface area (TPSA) is 44.4 Å². The van der Waals surface area contributed by atoms with E-state index in [4.69, 9.17) is 0 Å². The number of likely N-dealkylation sites (tertiary alicyclic amines) is 1. The predicted octanol–water partition coefficient (Wildman–Crippen LogP) is 1.23. The molecule has 0 aromatic heterocycles. The molecule has 1 saturated heterocycles. The Hall–Kier alpha value is -1.39.